The molecule has 20 heavy (non-hydrogen) atoms. The number of ether oxygens (including phenoxy) is 1. The number of hydrogen-bond donors (Lipinski definition) is 2. The van der Waals surface area contributed by atoms with E-state index in [0.29, 0.717) is 11.6 Å². The van der Waals surface area contributed by atoms with Gasteiger partial charge >= 0.3 is 0 Å². The van der Waals surface area contributed by atoms with Gasteiger partial charge in [0.2, 0.25) is 0 Å². The van der Waals surface area contributed by atoms with Crippen molar-refractivity contribution in [3.63, 3.8) is 0 Å². The molecule has 3 nitrogen and oxygen atoms in total. The smallest absolute Gasteiger partial charge is 0.119 e. The molecule has 1 unspecified atom stereocenters. The molecule has 0 saturated heterocycles. The molecule has 0 fully saturated rings. The molecule has 0 radical (unpaired) electrons. The third-order valence-corrected chi connectivity index (χ3v) is 3.39. The van der Waals surface area contributed by atoms with Crippen LogP contribution in [0.2, 0.25) is 5.02 Å². The number of aliphatic hydroxyl groups is 1. The van der Waals surface area contributed by atoms with E-state index in [-0.39, 0.29) is 6.61 Å². The van der Waals surface area contributed by atoms with Crippen molar-refractivity contribution in [1.29, 1.82) is 0 Å². The quantitative estimate of drug-likeness (QED) is 0.823. The standard InChI is InChI=1S/C15H15BrClNO2/c16-11-4-6-15(7-5-11)20-10-14(19)9-18-13-3-1-2-12(17)8-13/h1-8,14,18-19H,9-10H2. The molecule has 5 heteroatoms. The summed E-state index contributed by atoms with van der Waals surface area (Å²) in [5.41, 5.74) is 0.875. The van der Waals surface area contributed by atoms with Gasteiger partial charge < -0.3 is 15.2 Å². The zero-order valence-corrected chi connectivity index (χ0v) is 13.1. The fourth-order valence-electron chi connectivity index (χ4n) is 1.62. The first-order valence-corrected chi connectivity index (χ1v) is 7.36. The topological polar surface area (TPSA) is 41.5 Å². The zero-order valence-electron chi connectivity index (χ0n) is 10.7. The Morgan fingerprint density at radius 1 is 1.20 bits per heavy atom. The van der Waals surface area contributed by atoms with E-state index in [4.69, 9.17) is 16.3 Å². The minimum atomic E-state index is -0.599. The molecule has 0 amide bonds. The van der Waals surface area contributed by atoms with Gasteiger partial charge in [-0.25, -0.2) is 0 Å². The van der Waals surface area contributed by atoms with E-state index >= 15 is 0 Å². The van der Waals surface area contributed by atoms with Gasteiger partial charge in [0.15, 0.2) is 0 Å². The zero-order chi connectivity index (χ0) is 14.4. The Balaban J connectivity index is 1.75. The van der Waals surface area contributed by atoms with E-state index in [0.717, 1.165) is 15.9 Å². The number of hydrogen-bond acceptors (Lipinski definition) is 3. The van der Waals surface area contributed by atoms with Gasteiger partial charge in [0.1, 0.15) is 18.5 Å². The van der Waals surface area contributed by atoms with E-state index in [1.807, 2.05) is 42.5 Å². The maximum absolute atomic E-state index is 9.87. The monoisotopic (exact) mass is 355 g/mol. The fraction of sp³-hybridized carbons (Fsp3) is 0.200. The third-order valence-electron chi connectivity index (χ3n) is 2.62. The first-order valence-electron chi connectivity index (χ1n) is 6.19. The van der Waals surface area contributed by atoms with Crippen molar-refractivity contribution in [1.82, 2.24) is 0 Å². The first-order chi connectivity index (χ1) is 9.63. The summed E-state index contributed by atoms with van der Waals surface area (Å²) in [7, 11) is 0. The van der Waals surface area contributed by atoms with Crippen LogP contribution in [0.5, 0.6) is 5.75 Å². The van der Waals surface area contributed by atoms with Gasteiger partial charge in [0.05, 0.1) is 0 Å². The average Bonchev–Trinajstić information content (AvgIpc) is 2.45. The highest BCUT2D eigenvalue weighted by molar-refractivity contribution is 9.10. The summed E-state index contributed by atoms with van der Waals surface area (Å²) < 4.78 is 6.49. The van der Waals surface area contributed by atoms with Crippen molar-refractivity contribution in [3.05, 3.63) is 58.0 Å². The summed E-state index contributed by atoms with van der Waals surface area (Å²) >= 11 is 9.24. The maximum Gasteiger partial charge on any atom is 0.119 e. The largest absolute Gasteiger partial charge is 0.491 e. The van der Waals surface area contributed by atoms with Crippen LogP contribution in [0.4, 0.5) is 5.69 Å². The average molecular weight is 357 g/mol. The van der Waals surface area contributed by atoms with Crippen LogP contribution < -0.4 is 10.1 Å². The molecule has 2 N–H and O–H groups in total. The van der Waals surface area contributed by atoms with Crippen LogP contribution in [0, 0.1) is 0 Å². The van der Waals surface area contributed by atoms with Crippen molar-refractivity contribution >= 4 is 33.2 Å². The fourth-order valence-corrected chi connectivity index (χ4v) is 2.07. The first kappa shape index (κ1) is 15.2. The van der Waals surface area contributed by atoms with E-state index < -0.39 is 6.10 Å². The molecule has 2 aromatic carbocycles. The van der Waals surface area contributed by atoms with Gasteiger partial charge in [-0.15, -0.1) is 0 Å². The van der Waals surface area contributed by atoms with Crippen molar-refractivity contribution in [3.8, 4) is 5.75 Å². The summed E-state index contributed by atoms with van der Waals surface area (Å²) in [5.74, 6) is 0.731. The molecular weight excluding hydrogens is 342 g/mol. The van der Waals surface area contributed by atoms with Crippen LogP contribution >= 0.6 is 27.5 Å². The predicted octanol–water partition coefficient (Wildman–Crippen LogP) is 3.95. The molecule has 2 aromatic rings. The minimum absolute atomic E-state index is 0.231. The minimum Gasteiger partial charge on any atom is -0.491 e. The van der Waals surface area contributed by atoms with Gasteiger partial charge in [-0.05, 0) is 42.5 Å². The highest BCUT2D eigenvalue weighted by atomic mass is 79.9. The van der Waals surface area contributed by atoms with Gasteiger partial charge in [0, 0.05) is 21.7 Å². The van der Waals surface area contributed by atoms with Gasteiger partial charge in [-0.2, -0.15) is 0 Å². The molecule has 2 rings (SSSR count). The molecule has 106 valence electrons. The Bertz CT molecular complexity index is 548. The molecule has 0 aromatic heterocycles. The van der Waals surface area contributed by atoms with E-state index in [2.05, 4.69) is 21.2 Å². The highest BCUT2D eigenvalue weighted by Crippen LogP contribution is 2.17. The Morgan fingerprint density at radius 3 is 2.65 bits per heavy atom. The van der Waals surface area contributed by atoms with Crippen molar-refractivity contribution in [2.75, 3.05) is 18.5 Å². The van der Waals surface area contributed by atoms with Crippen LogP contribution in [0.25, 0.3) is 0 Å². The molecular formula is C15H15BrClNO2. The second-order valence-electron chi connectivity index (χ2n) is 4.31. The number of nitrogens with one attached hydrogen (secondary N) is 1. The Kier molecular flexibility index (Phi) is 5.71. The normalized spacial score (nSPS) is 11.9. The number of aliphatic hydroxyl groups excluding tert-OH is 1. The van der Waals surface area contributed by atoms with Crippen LogP contribution in [0.3, 0.4) is 0 Å². The summed E-state index contributed by atoms with van der Waals surface area (Å²) in [4.78, 5) is 0. The summed E-state index contributed by atoms with van der Waals surface area (Å²) in [6.07, 6.45) is -0.599. The second-order valence-corrected chi connectivity index (χ2v) is 5.66. The van der Waals surface area contributed by atoms with Crippen LogP contribution in [0.1, 0.15) is 0 Å². The Morgan fingerprint density at radius 2 is 1.95 bits per heavy atom. The van der Waals surface area contributed by atoms with E-state index in [9.17, 15) is 5.11 Å². The lowest BCUT2D eigenvalue weighted by molar-refractivity contribution is 0.117. The molecule has 0 saturated carbocycles. The van der Waals surface area contributed by atoms with Gasteiger partial charge in [-0.3, -0.25) is 0 Å². The van der Waals surface area contributed by atoms with Crippen LogP contribution in [-0.4, -0.2) is 24.4 Å². The molecule has 1 atom stereocenters. The van der Waals surface area contributed by atoms with Gasteiger partial charge in [-0.1, -0.05) is 33.6 Å². The summed E-state index contributed by atoms with van der Waals surface area (Å²) in [6, 6.07) is 14.9. The maximum atomic E-state index is 9.87. The summed E-state index contributed by atoms with van der Waals surface area (Å²) in [6.45, 7) is 0.631. The molecule has 0 bridgehead atoms. The highest BCUT2D eigenvalue weighted by Gasteiger charge is 2.05. The van der Waals surface area contributed by atoms with Crippen molar-refractivity contribution in [2.24, 2.45) is 0 Å². The van der Waals surface area contributed by atoms with Crippen LogP contribution in [-0.2, 0) is 0 Å². The number of benzene rings is 2. The summed E-state index contributed by atoms with van der Waals surface area (Å²) in [5, 5.41) is 13.6. The Labute approximate surface area is 131 Å². The SMILES string of the molecule is OC(CNc1cccc(Cl)c1)COc1ccc(Br)cc1. The van der Waals surface area contributed by atoms with E-state index in [1.165, 1.54) is 0 Å². The number of halogens is 2. The predicted molar refractivity (Wildman–Crippen MR) is 85.6 cm³/mol. The van der Waals surface area contributed by atoms with Crippen molar-refractivity contribution < 1.29 is 9.84 Å². The number of anilines is 1. The molecule has 0 heterocycles. The molecule has 0 aliphatic heterocycles. The lowest BCUT2D eigenvalue weighted by atomic mass is 10.3. The lowest BCUT2D eigenvalue weighted by Crippen LogP contribution is -2.26. The third kappa shape index (κ3) is 5.04. The van der Waals surface area contributed by atoms with Crippen molar-refractivity contribution in [2.45, 2.75) is 6.10 Å². The molecule has 0 aliphatic carbocycles. The lowest BCUT2D eigenvalue weighted by Gasteiger charge is -2.14. The van der Waals surface area contributed by atoms with E-state index in [1.54, 1.807) is 6.07 Å². The van der Waals surface area contributed by atoms with Gasteiger partial charge in [0.25, 0.3) is 0 Å². The molecule has 0 aliphatic rings. The Hall–Kier alpha value is -1.23. The number of rotatable bonds is 6. The van der Waals surface area contributed by atoms with Crippen LogP contribution in [0.15, 0.2) is 53.0 Å². The second kappa shape index (κ2) is 7.53. The molecule has 0 spiro atoms.